The molecule has 5 aliphatic rings. The van der Waals surface area contributed by atoms with Gasteiger partial charge in [-0.05, 0) is 57.8 Å². The standard InChI is InChI=1S/C27H45ClO14/c1-10-19(32)21(34)23(36)26(39-10)38-9-18-20(33)22(35)25(37)27(28,42-18)41-17-8-14-15(31)6-13(30)7-16(14)40-24(17)11-2-4-12(29)5-3-11/h10-26,29-37H,2-9H2,1H3/t10-,11?,12?,13?,14?,15?,16?,17?,18+,19+,20-,21-,22+,23-,24?,25-,26-,27-/m1/s1. The molecule has 2 aliphatic carbocycles. The Hall–Kier alpha value is -0.270. The Morgan fingerprint density at radius 1 is 0.762 bits per heavy atom. The third-order valence-corrected chi connectivity index (χ3v) is 10.1. The molecule has 0 spiro atoms. The molecule has 5 fully saturated rings. The summed E-state index contributed by atoms with van der Waals surface area (Å²) in [6.07, 6.45) is -14.3. The van der Waals surface area contributed by atoms with Crippen molar-refractivity contribution in [2.75, 3.05) is 6.61 Å². The topological polar surface area (TPSA) is 228 Å². The highest BCUT2D eigenvalue weighted by Crippen LogP contribution is 2.45. The molecule has 42 heavy (non-hydrogen) atoms. The molecule has 15 heteroatoms. The summed E-state index contributed by atoms with van der Waals surface area (Å²) in [7, 11) is 0. The first-order chi connectivity index (χ1) is 19.8. The lowest BCUT2D eigenvalue weighted by Gasteiger charge is -2.52. The van der Waals surface area contributed by atoms with Gasteiger partial charge in [0.1, 0.15) is 36.6 Å². The van der Waals surface area contributed by atoms with Gasteiger partial charge >= 0.3 is 0 Å². The summed E-state index contributed by atoms with van der Waals surface area (Å²) in [4.78, 5) is 0. The van der Waals surface area contributed by atoms with Gasteiger partial charge in [0.2, 0.25) is 0 Å². The smallest absolute Gasteiger partial charge is 0.279 e. The fourth-order valence-electron chi connectivity index (χ4n) is 7.09. The van der Waals surface area contributed by atoms with Gasteiger partial charge in [-0.2, -0.15) is 0 Å². The first-order valence-electron chi connectivity index (χ1n) is 14.9. The van der Waals surface area contributed by atoms with Crippen molar-refractivity contribution in [1.82, 2.24) is 0 Å². The van der Waals surface area contributed by atoms with Crippen LogP contribution in [-0.4, -0.2) is 150 Å². The highest BCUT2D eigenvalue weighted by molar-refractivity contribution is 6.22. The van der Waals surface area contributed by atoms with E-state index < -0.39 is 110 Å². The minimum absolute atomic E-state index is 0.0556. The predicted molar refractivity (Wildman–Crippen MR) is 141 cm³/mol. The molecule has 0 aromatic heterocycles. The van der Waals surface area contributed by atoms with Crippen LogP contribution in [0, 0.1) is 11.8 Å². The molecule has 2 saturated carbocycles. The van der Waals surface area contributed by atoms with Gasteiger partial charge in [0.15, 0.2) is 12.4 Å². The summed E-state index contributed by atoms with van der Waals surface area (Å²) < 4.78 is 29.4. The Morgan fingerprint density at radius 3 is 2.14 bits per heavy atom. The number of aliphatic hydroxyl groups excluding tert-OH is 9. The maximum Gasteiger partial charge on any atom is 0.279 e. The summed E-state index contributed by atoms with van der Waals surface area (Å²) in [6, 6.07) is 0. The number of hydrogen-bond acceptors (Lipinski definition) is 14. The van der Waals surface area contributed by atoms with E-state index in [9.17, 15) is 46.0 Å². The van der Waals surface area contributed by atoms with Gasteiger partial charge in [-0.1, -0.05) is 11.6 Å². The molecule has 0 bridgehead atoms. The lowest BCUT2D eigenvalue weighted by molar-refractivity contribution is -0.363. The van der Waals surface area contributed by atoms with Gasteiger partial charge in [0.05, 0.1) is 49.3 Å². The van der Waals surface area contributed by atoms with Gasteiger partial charge in [0, 0.05) is 5.92 Å². The van der Waals surface area contributed by atoms with Crippen LogP contribution in [0.15, 0.2) is 0 Å². The fourth-order valence-corrected chi connectivity index (χ4v) is 7.45. The average Bonchev–Trinajstić information content (AvgIpc) is 2.95. The second kappa shape index (κ2) is 13.2. The van der Waals surface area contributed by atoms with Gasteiger partial charge in [-0.15, -0.1) is 0 Å². The SMILES string of the molecule is C[C@H]1O[C@@H](OC[C@@H]2O[C@](Cl)(OC3CC4C(O)CC(O)CC4OC3C3CCC(O)CC3)[C@H](O)[C@@H](O)[C@@H]2O)[C@H](O)[C@H](O)[C@H]1O. The molecular formula is C27H45ClO14. The van der Waals surface area contributed by atoms with Crippen molar-refractivity contribution >= 4 is 11.6 Å². The van der Waals surface area contributed by atoms with Crippen LogP contribution in [0.3, 0.4) is 0 Å². The highest BCUT2D eigenvalue weighted by atomic mass is 35.5. The number of aliphatic hydroxyl groups is 9. The zero-order valence-electron chi connectivity index (χ0n) is 23.4. The molecule has 244 valence electrons. The number of fused-ring (bicyclic) bond motifs is 1. The largest absolute Gasteiger partial charge is 0.393 e. The van der Waals surface area contributed by atoms with E-state index in [4.69, 9.17) is 35.3 Å². The van der Waals surface area contributed by atoms with E-state index in [-0.39, 0.29) is 18.8 Å². The molecule has 3 heterocycles. The maximum absolute atomic E-state index is 10.9. The number of alkyl halides is 1. The van der Waals surface area contributed by atoms with Crippen LogP contribution >= 0.6 is 11.6 Å². The molecule has 3 aliphatic heterocycles. The highest BCUT2D eigenvalue weighted by Gasteiger charge is 2.58. The lowest BCUT2D eigenvalue weighted by Crippen LogP contribution is -2.66. The molecular weight excluding hydrogens is 584 g/mol. The van der Waals surface area contributed by atoms with Crippen molar-refractivity contribution in [1.29, 1.82) is 0 Å². The van der Waals surface area contributed by atoms with Crippen LogP contribution in [0.25, 0.3) is 0 Å². The van der Waals surface area contributed by atoms with E-state index in [1.807, 2.05) is 0 Å². The van der Waals surface area contributed by atoms with Crippen molar-refractivity contribution in [3.63, 3.8) is 0 Å². The van der Waals surface area contributed by atoms with Crippen LogP contribution in [0.1, 0.15) is 51.9 Å². The third kappa shape index (κ3) is 6.64. The number of rotatable bonds is 6. The van der Waals surface area contributed by atoms with Crippen molar-refractivity contribution in [2.24, 2.45) is 11.8 Å². The Labute approximate surface area is 248 Å². The molecule has 0 radical (unpaired) electrons. The van der Waals surface area contributed by atoms with E-state index in [2.05, 4.69) is 0 Å². The van der Waals surface area contributed by atoms with Gasteiger partial charge in [-0.3, -0.25) is 0 Å². The van der Waals surface area contributed by atoms with Crippen LogP contribution < -0.4 is 0 Å². The number of hydrogen-bond donors (Lipinski definition) is 9. The van der Waals surface area contributed by atoms with Gasteiger partial charge < -0.3 is 69.6 Å². The van der Waals surface area contributed by atoms with E-state index >= 15 is 0 Å². The molecule has 0 aromatic rings. The summed E-state index contributed by atoms with van der Waals surface area (Å²) in [5.41, 5.74) is 0. The van der Waals surface area contributed by atoms with Crippen LogP contribution in [0.2, 0.25) is 0 Å². The van der Waals surface area contributed by atoms with E-state index in [0.29, 0.717) is 32.1 Å². The summed E-state index contributed by atoms with van der Waals surface area (Å²) >= 11 is 6.72. The Kier molecular flexibility index (Phi) is 10.4. The van der Waals surface area contributed by atoms with Crippen molar-refractivity contribution in [3.05, 3.63) is 0 Å². The van der Waals surface area contributed by atoms with Crippen molar-refractivity contribution in [3.8, 4) is 0 Å². The molecule has 0 amide bonds. The first kappa shape index (κ1) is 33.1. The van der Waals surface area contributed by atoms with E-state index in [1.54, 1.807) is 0 Å². The second-order valence-corrected chi connectivity index (χ2v) is 13.2. The van der Waals surface area contributed by atoms with Gasteiger partial charge in [-0.25, -0.2) is 0 Å². The van der Waals surface area contributed by atoms with Crippen molar-refractivity contribution in [2.45, 2.75) is 149 Å². The molecule has 9 N–H and O–H groups in total. The quantitative estimate of drug-likeness (QED) is 0.138. The minimum atomic E-state index is -2.38. The fraction of sp³-hybridized carbons (Fsp3) is 1.00. The Bertz CT molecular complexity index is 895. The Morgan fingerprint density at radius 2 is 1.45 bits per heavy atom. The van der Waals surface area contributed by atoms with E-state index in [1.165, 1.54) is 6.92 Å². The summed E-state index contributed by atoms with van der Waals surface area (Å²) in [6.45, 7) is 0.969. The zero-order valence-corrected chi connectivity index (χ0v) is 24.2. The number of halogens is 1. The average molecular weight is 629 g/mol. The predicted octanol–water partition coefficient (Wildman–Crippen LogP) is -2.57. The van der Waals surface area contributed by atoms with Gasteiger partial charge in [0.25, 0.3) is 5.25 Å². The minimum Gasteiger partial charge on any atom is -0.393 e. The maximum atomic E-state index is 10.9. The molecule has 6 unspecified atom stereocenters. The normalized spacial score (nSPS) is 55.6. The monoisotopic (exact) mass is 628 g/mol. The van der Waals surface area contributed by atoms with Crippen molar-refractivity contribution < 1.29 is 69.6 Å². The van der Waals surface area contributed by atoms with Crippen LogP contribution in [0.5, 0.6) is 0 Å². The third-order valence-electron chi connectivity index (χ3n) is 9.66. The lowest BCUT2D eigenvalue weighted by atomic mass is 9.73. The Balaban J connectivity index is 1.32. The summed E-state index contributed by atoms with van der Waals surface area (Å²) in [5, 5.41) is 91.2. The molecule has 16 atom stereocenters. The molecule has 5 rings (SSSR count). The second-order valence-electron chi connectivity index (χ2n) is 12.6. The summed E-state index contributed by atoms with van der Waals surface area (Å²) in [5.74, 6) is -0.451. The molecule has 0 aromatic carbocycles. The molecule has 14 nitrogen and oxygen atoms in total. The van der Waals surface area contributed by atoms with Crippen LogP contribution in [-0.2, 0) is 23.7 Å². The first-order valence-corrected chi connectivity index (χ1v) is 15.3. The number of ether oxygens (including phenoxy) is 5. The zero-order chi connectivity index (χ0) is 30.5. The van der Waals surface area contributed by atoms with E-state index in [0.717, 1.165) is 0 Å². The van der Waals surface area contributed by atoms with Crippen LogP contribution in [0.4, 0.5) is 0 Å². The molecule has 3 saturated heterocycles.